The Morgan fingerprint density at radius 3 is 2.76 bits per heavy atom. The first-order chi connectivity index (χ1) is 16.5. The Morgan fingerprint density at radius 1 is 1.06 bits per heavy atom. The average molecular weight is 460 g/mol. The topological polar surface area (TPSA) is 37.4 Å². The summed E-state index contributed by atoms with van der Waals surface area (Å²) >= 11 is 0. The molecule has 6 rings (SSSR count). The fourth-order valence-corrected chi connectivity index (χ4v) is 7.62. The van der Waals surface area contributed by atoms with E-state index in [1.165, 1.54) is 61.9 Å². The quantitative estimate of drug-likeness (QED) is 0.586. The van der Waals surface area contributed by atoms with Crippen molar-refractivity contribution in [2.45, 2.75) is 101 Å². The van der Waals surface area contributed by atoms with E-state index >= 15 is 0 Å². The lowest BCUT2D eigenvalue weighted by Gasteiger charge is -2.50. The van der Waals surface area contributed by atoms with E-state index in [1.54, 1.807) is 5.56 Å². The number of ether oxygens (including phenoxy) is 1. The van der Waals surface area contributed by atoms with Crippen LogP contribution in [0, 0.1) is 0 Å². The van der Waals surface area contributed by atoms with Crippen molar-refractivity contribution in [2.24, 2.45) is 0 Å². The molecule has 2 fully saturated rings. The maximum absolute atomic E-state index is 6.46. The van der Waals surface area contributed by atoms with Gasteiger partial charge in [-0.25, -0.2) is 0 Å². The zero-order valence-electron chi connectivity index (χ0n) is 21.1. The summed E-state index contributed by atoms with van der Waals surface area (Å²) in [6, 6.07) is 13.9. The van der Waals surface area contributed by atoms with Crippen LogP contribution in [0.5, 0.6) is 0 Å². The molecule has 4 heterocycles. The Balaban J connectivity index is 1.22. The molecule has 1 aromatic heterocycles. The standard InChI is InChI=1S/C30H41N3O/c1-28(2)15-11-23-8-7-9-24-25(12-20-33(28)27(23)24)31-19-16-29(26-10-3-6-18-32-26)17-21-34-30(22-29)13-4-5-14-30/h3,6-10,18,25,31H,4-5,11-17,19-22H2,1-2H3/t25?,29-/m1/s1. The van der Waals surface area contributed by atoms with Gasteiger partial charge in [-0.2, -0.15) is 0 Å². The molecular formula is C30H41N3O. The SMILES string of the molecule is CC1(C)CCc2cccc3c2N1CCC3NCC[C@@]1(c2ccccn2)CCOC2(CCCC2)C1. The van der Waals surface area contributed by atoms with Crippen LogP contribution in [0.25, 0.3) is 0 Å². The van der Waals surface area contributed by atoms with E-state index in [1.807, 2.05) is 12.3 Å². The fraction of sp³-hybridized carbons (Fsp3) is 0.633. The molecule has 4 heteroatoms. The molecule has 34 heavy (non-hydrogen) atoms. The van der Waals surface area contributed by atoms with E-state index in [-0.39, 0.29) is 16.6 Å². The summed E-state index contributed by atoms with van der Waals surface area (Å²) in [6.45, 7) is 7.89. The van der Waals surface area contributed by atoms with E-state index in [9.17, 15) is 0 Å². The molecule has 1 aromatic carbocycles. The number of nitrogens with one attached hydrogen (secondary N) is 1. The lowest BCUT2D eigenvalue weighted by Crippen LogP contribution is -2.51. The third-order valence-corrected chi connectivity index (χ3v) is 9.54. The number of anilines is 1. The highest BCUT2D eigenvalue weighted by atomic mass is 16.5. The molecule has 1 N–H and O–H groups in total. The van der Waals surface area contributed by atoms with Crippen LogP contribution in [0.15, 0.2) is 42.6 Å². The Labute approximate surface area is 205 Å². The normalized spacial score (nSPS) is 29.2. The van der Waals surface area contributed by atoms with Crippen molar-refractivity contribution in [3.8, 4) is 0 Å². The van der Waals surface area contributed by atoms with Crippen molar-refractivity contribution >= 4 is 5.69 Å². The van der Waals surface area contributed by atoms with E-state index in [0.717, 1.165) is 39.0 Å². The summed E-state index contributed by atoms with van der Waals surface area (Å²) in [5, 5.41) is 4.03. The predicted octanol–water partition coefficient (Wildman–Crippen LogP) is 6.10. The third kappa shape index (κ3) is 3.87. The number of nitrogens with zero attached hydrogens (tertiary/aromatic N) is 2. The van der Waals surface area contributed by atoms with Gasteiger partial charge in [-0.1, -0.05) is 37.1 Å². The lowest BCUT2D eigenvalue weighted by molar-refractivity contribution is -0.104. The van der Waals surface area contributed by atoms with Crippen molar-refractivity contribution in [3.63, 3.8) is 0 Å². The van der Waals surface area contributed by atoms with Crippen molar-refractivity contribution in [1.29, 1.82) is 0 Å². The Hall–Kier alpha value is -1.91. The van der Waals surface area contributed by atoms with Gasteiger partial charge in [-0.05, 0) is 95.0 Å². The highest BCUT2D eigenvalue weighted by Crippen LogP contribution is 2.50. The molecule has 1 unspecified atom stereocenters. The van der Waals surface area contributed by atoms with E-state index in [2.05, 4.69) is 54.4 Å². The monoisotopic (exact) mass is 459 g/mol. The second-order valence-corrected chi connectivity index (χ2v) is 12.0. The smallest absolute Gasteiger partial charge is 0.0691 e. The molecule has 0 radical (unpaired) electrons. The number of hydrogen-bond acceptors (Lipinski definition) is 4. The molecule has 1 saturated heterocycles. The Bertz CT molecular complexity index is 1010. The number of hydrogen-bond donors (Lipinski definition) is 1. The highest BCUT2D eigenvalue weighted by Gasteiger charge is 2.48. The molecule has 1 spiro atoms. The maximum Gasteiger partial charge on any atom is 0.0691 e. The minimum Gasteiger partial charge on any atom is -0.375 e. The van der Waals surface area contributed by atoms with Gasteiger partial charge in [0.25, 0.3) is 0 Å². The van der Waals surface area contributed by atoms with E-state index in [0.29, 0.717) is 6.04 Å². The fourth-order valence-electron chi connectivity index (χ4n) is 7.62. The van der Waals surface area contributed by atoms with Crippen molar-refractivity contribution in [1.82, 2.24) is 10.3 Å². The van der Waals surface area contributed by atoms with Crippen molar-refractivity contribution in [2.75, 3.05) is 24.6 Å². The summed E-state index contributed by atoms with van der Waals surface area (Å²) in [7, 11) is 0. The molecule has 1 aliphatic carbocycles. The molecule has 4 nitrogen and oxygen atoms in total. The first kappa shape index (κ1) is 22.5. The van der Waals surface area contributed by atoms with Gasteiger partial charge in [0.15, 0.2) is 0 Å². The zero-order valence-corrected chi connectivity index (χ0v) is 21.1. The molecule has 0 bridgehead atoms. The third-order valence-electron chi connectivity index (χ3n) is 9.54. The first-order valence-electron chi connectivity index (χ1n) is 13.7. The molecule has 2 aromatic rings. The van der Waals surface area contributed by atoms with E-state index < -0.39 is 0 Å². The predicted molar refractivity (Wildman–Crippen MR) is 138 cm³/mol. The molecular weight excluding hydrogens is 418 g/mol. The van der Waals surface area contributed by atoms with Crippen LogP contribution in [0.3, 0.4) is 0 Å². The highest BCUT2D eigenvalue weighted by molar-refractivity contribution is 5.65. The van der Waals surface area contributed by atoms with Gasteiger partial charge in [0.2, 0.25) is 0 Å². The molecule has 1 saturated carbocycles. The van der Waals surface area contributed by atoms with Gasteiger partial charge < -0.3 is 15.0 Å². The van der Waals surface area contributed by atoms with Crippen LogP contribution in [0.4, 0.5) is 5.69 Å². The Kier molecular flexibility index (Phi) is 5.73. The number of para-hydroxylation sites is 1. The van der Waals surface area contributed by atoms with Gasteiger partial charge >= 0.3 is 0 Å². The van der Waals surface area contributed by atoms with Gasteiger partial charge in [0.05, 0.1) is 5.60 Å². The van der Waals surface area contributed by atoms with Crippen LogP contribution in [0.1, 0.15) is 94.5 Å². The van der Waals surface area contributed by atoms with Crippen LogP contribution < -0.4 is 10.2 Å². The van der Waals surface area contributed by atoms with Gasteiger partial charge in [0.1, 0.15) is 0 Å². The second kappa shape index (κ2) is 8.64. The summed E-state index contributed by atoms with van der Waals surface area (Å²) in [4.78, 5) is 7.59. The number of rotatable bonds is 5. The van der Waals surface area contributed by atoms with Crippen LogP contribution >= 0.6 is 0 Å². The number of pyridine rings is 1. The number of benzene rings is 1. The van der Waals surface area contributed by atoms with Crippen LogP contribution in [-0.4, -0.2) is 35.8 Å². The van der Waals surface area contributed by atoms with Gasteiger partial charge in [0, 0.05) is 47.7 Å². The Morgan fingerprint density at radius 2 is 1.94 bits per heavy atom. The number of aromatic nitrogens is 1. The van der Waals surface area contributed by atoms with Crippen molar-refractivity contribution < 1.29 is 4.74 Å². The van der Waals surface area contributed by atoms with Crippen molar-refractivity contribution in [3.05, 3.63) is 59.4 Å². The minimum atomic E-state index is 0.0885. The van der Waals surface area contributed by atoms with Gasteiger partial charge in [-0.3, -0.25) is 4.98 Å². The summed E-state index contributed by atoms with van der Waals surface area (Å²) in [5.41, 5.74) is 6.33. The summed E-state index contributed by atoms with van der Waals surface area (Å²) in [5.74, 6) is 0. The molecule has 4 aliphatic rings. The largest absolute Gasteiger partial charge is 0.375 e. The minimum absolute atomic E-state index is 0.0885. The molecule has 0 amide bonds. The van der Waals surface area contributed by atoms with Crippen LogP contribution in [-0.2, 0) is 16.6 Å². The summed E-state index contributed by atoms with van der Waals surface area (Å²) in [6.07, 6.45) is 14.0. The lowest BCUT2D eigenvalue weighted by atomic mass is 9.68. The molecule has 182 valence electrons. The van der Waals surface area contributed by atoms with Gasteiger partial charge in [-0.15, -0.1) is 0 Å². The van der Waals surface area contributed by atoms with Crippen LogP contribution in [0.2, 0.25) is 0 Å². The second-order valence-electron chi connectivity index (χ2n) is 12.0. The number of aryl methyl sites for hydroxylation is 1. The maximum atomic E-state index is 6.46. The summed E-state index contributed by atoms with van der Waals surface area (Å²) < 4.78 is 6.46. The molecule has 3 aliphatic heterocycles. The van der Waals surface area contributed by atoms with E-state index in [4.69, 9.17) is 9.72 Å². The zero-order chi connectivity index (χ0) is 23.2. The average Bonchev–Trinajstić information content (AvgIpc) is 3.30. The molecule has 2 atom stereocenters. The first-order valence-corrected chi connectivity index (χ1v) is 13.7.